The smallest absolute Gasteiger partial charge is 0.235 e. The summed E-state index contributed by atoms with van der Waals surface area (Å²) in [7, 11) is 2.86. The van der Waals surface area contributed by atoms with E-state index in [4.69, 9.17) is 10.5 Å². The maximum absolute atomic E-state index is 11.9. The van der Waals surface area contributed by atoms with Gasteiger partial charge in [0.05, 0.1) is 12.1 Å². The highest BCUT2D eigenvalue weighted by Gasteiger charge is 2.43. The van der Waals surface area contributed by atoms with E-state index in [0.717, 1.165) is 0 Å². The Labute approximate surface area is 101 Å². The lowest BCUT2D eigenvalue weighted by Crippen LogP contribution is -2.49. The van der Waals surface area contributed by atoms with Crippen LogP contribution in [-0.2, 0) is 9.59 Å². The summed E-state index contributed by atoms with van der Waals surface area (Å²) < 4.78 is 0. The Morgan fingerprint density at radius 2 is 1.35 bits per heavy atom. The molecule has 0 rings (SSSR count). The van der Waals surface area contributed by atoms with Crippen molar-refractivity contribution in [3.05, 3.63) is 0 Å². The van der Waals surface area contributed by atoms with E-state index in [9.17, 15) is 9.59 Å². The third kappa shape index (κ3) is 3.46. The molecule has 0 atom stereocenters. The normalized spacial score (nSPS) is 9.88. The Morgan fingerprint density at radius 3 is 1.59 bits per heavy atom. The molecule has 0 saturated heterocycles. The van der Waals surface area contributed by atoms with Gasteiger partial charge in [-0.2, -0.15) is 10.5 Å². The van der Waals surface area contributed by atoms with Crippen molar-refractivity contribution in [1.29, 1.82) is 10.5 Å². The molecule has 0 spiro atoms. The summed E-state index contributed by atoms with van der Waals surface area (Å²) in [5.41, 5.74) is -1.32. The molecule has 17 heavy (non-hydrogen) atoms. The van der Waals surface area contributed by atoms with Gasteiger partial charge in [-0.15, -0.1) is 0 Å². The quantitative estimate of drug-likeness (QED) is 0.636. The molecule has 0 fully saturated rings. The van der Waals surface area contributed by atoms with Gasteiger partial charge in [-0.25, -0.2) is 0 Å². The van der Waals surface area contributed by atoms with Crippen LogP contribution < -0.4 is 10.6 Å². The van der Waals surface area contributed by atoms with Gasteiger partial charge in [-0.05, 0) is 12.8 Å². The van der Waals surface area contributed by atoms with Crippen LogP contribution >= 0.6 is 0 Å². The molecule has 0 aromatic heterocycles. The predicted octanol–water partition coefficient (Wildman–Crippen LogP) is 0.0724. The van der Waals surface area contributed by atoms with Gasteiger partial charge in [0.1, 0.15) is 5.41 Å². The zero-order chi connectivity index (χ0) is 13.3. The van der Waals surface area contributed by atoms with Gasteiger partial charge < -0.3 is 10.6 Å². The van der Waals surface area contributed by atoms with E-state index in [2.05, 4.69) is 10.6 Å². The number of carbonyl (C=O) groups excluding carboxylic acids is 2. The monoisotopic (exact) mass is 236 g/mol. The summed E-state index contributed by atoms with van der Waals surface area (Å²) in [5, 5.41) is 22.0. The zero-order valence-corrected chi connectivity index (χ0v) is 10.0. The lowest BCUT2D eigenvalue weighted by Gasteiger charge is -2.28. The van der Waals surface area contributed by atoms with Gasteiger partial charge in [0.2, 0.25) is 11.8 Å². The van der Waals surface area contributed by atoms with Gasteiger partial charge in [0.15, 0.2) is 0 Å². The van der Waals surface area contributed by atoms with Crippen LogP contribution in [0.5, 0.6) is 0 Å². The van der Waals surface area contributed by atoms with Crippen LogP contribution in [0.4, 0.5) is 0 Å². The molecule has 0 heterocycles. The van der Waals surface area contributed by atoms with Crippen LogP contribution in [0.3, 0.4) is 0 Å². The molecule has 0 saturated carbocycles. The maximum Gasteiger partial charge on any atom is 0.235 e. The summed E-state index contributed by atoms with van der Waals surface area (Å²) in [6.45, 7) is 0. The van der Waals surface area contributed by atoms with Crippen molar-refractivity contribution in [3.8, 4) is 12.1 Å². The molecule has 0 aliphatic rings. The topological polar surface area (TPSA) is 106 Å². The van der Waals surface area contributed by atoms with Crippen molar-refractivity contribution >= 4 is 11.8 Å². The Morgan fingerprint density at radius 1 is 1.00 bits per heavy atom. The largest absolute Gasteiger partial charge is 0.358 e. The van der Waals surface area contributed by atoms with E-state index in [1.165, 1.54) is 14.1 Å². The molecule has 6 nitrogen and oxygen atoms in total. The Hall–Kier alpha value is -2.08. The number of nitrogens with zero attached hydrogens (tertiary/aromatic N) is 2. The fraction of sp³-hybridized carbons (Fsp3) is 0.636. The molecule has 0 aromatic carbocycles. The molecule has 2 N–H and O–H groups in total. The molecular weight excluding hydrogens is 220 g/mol. The van der Waals surface area contributed by atoms with Gasteiger partial charge in [0, 0.05) is 26.9 Å². The van der Waals surface area contributed by atoms with E-state index in [0.29, 0.717) is 0 Å². The Kier molecular flexibility index (Phi) is 6.35. The summed E-state index contributed by atoms with van der Waals surface area (Å²) in [6, 6.07) is 3.83. The molecule has 0 aliphatic heterocycles. The molecule has 0 aliphatic carbocycles. The number of rotatable bonds is 6. The number of amides is 2. The Balaban J connectivity index is 5.21. The van der Waals surface area contributed by atoms with Crippen LogP contribution in [0.15, 0.2) is 0 Å². The average molecular weight is 236 g/mol. The van der Waals surface area contributed by atoms with E-state index in [-0.39, 0.29) is 25.7 Å². The average Bonchev–Trinajstić information content (AvgIpc) is 2.37. The Bertz CT molecular complexity index is 329. The number of hydrogen-bond acceptors (Lipinski definition) is 4. The minimum atomic E-state index is -1.32. The predicted molar refractivity (Wildman–Crippen MR) is 60.3 cm³/mol. The molecule has 2 amide bonds. The third-order valence-electron chi connectivity index (χ3n) is 2.65. The van der Waals surface area contributed by atoms with Crippen molar-refractivity contribution in [1.82, 2.24) is 10.6 Å². The molecule has 0 bridgehead atoms. The molecule has 6 heteroatoms. The minimum Gasteiger partial charge on any atom is -0.358 e. The number of hydrogen-bond donors (Lipinski definition) is 2. The lowest BCUT2D eigenvalue weighted by molar-refractivity contribution is -0.144. The first kappa shape index (κ1) is 14.9. The first-order valence-electron chi connectivity index (χ1n) is 5.27. The number of carbonyl (C=O) groups is 2. The van der Waals surface area contributed by atoms with Crippen molar-refractivity contribution in [2.24, 2.45) is 5.41 Å². The van der Waals surface area contributed by atoms with Gasteiger partial charge in [-0.1, -0.05) is 0 Å². The van der Waals surface area contributed by atoms with Crippen molar-refractivity contribution in [2.75, 3.05) is 14.1 Å². The summed E-state index contributed by atoms with van der Waals surface area (Å²) in [4.78, 5) is 23.7. The van der Waals surface area contributed by atoms with Crippen molar-refractivity contribution < 1.29 is 9.59 Å². The SMILES string of the molecule is CNC(=O)C(CCC#N)(CCC#N)C(=O)NC. The minimum absolute atomic E-state index is 0.0896. The van der Waals surface area contributed by atoms with E-state index in [1.54, 1.807) is 0 Å². The fourth-order valence-corrected chi connectivity index (χ4v) is 1.70. The highest BCUT2D eigenvalue weighted by atomic mass is 16.2. The van der Waals surface area contributed by atoms with Crippen LogP contribution in [0.1, 0.15) is 25.7 Å². The third-order valence-corrected chi connectivity index (χ3v) is 2.65. The molecule has 92 valence electrons. The lowest BCUT2D eigenvalue weighted by atomic mass is 9.77. The summed E-state index contributed by atoms with van der Waals surface area (Å²) in [6.07, 6.45) is 0.410. The van der Waals surface area contributed by atoms with Gasteiger partial charge >= 0.3 is 0 Å². The van der Waals surface area contributed by atoms with Crippen LogP contribution in [-0.4, -0.2) is 25.9 Å². The first-order chi connectivity index (χ1) is 8.08. The highest BCUT2D eigenvalue weighted by Crippen LogP contribution is 2.30. The second-order valence-corrected chi connectivity index (χ2v) is 3.56. The second-order valence-electron chi connectivity index (χ2n) is 3.56. The fourth-order valence-electron chi connectivity index (χ4n) is 1.70. The summed E-state index contributed by atoms with van der Waals surface area (Å²) >= 11 is 0. The number of nitrogens with one attached hydrogen (secondary N) is 2. The van der Waals surface area contributed by atoms with E-state index in [1.807, 2.05) is 12.1 Å². The maximum atomic E-state index is 11.9. The van der Waals surface area contributed by atoms with E-state index >= 15 is 0 Å². The summed E-state index contributed by atoms with van der Waals surface area (Å²) in [5.74, 6) is -0.912. The van der Waals surface area contributed by atoms with Crippen molar-refractivity contribution in [3.63, 3.8) is 0 Å². The number of nitriles is 2. The van der Waals surface area contributed by atoms with Gasteiger partial charge in [-0.3, -0.25) is 9.59 Å². The first-order valence-corrected chi connectivity index (χ1v) is 5.27. The van der Waals surface area contributed by atoms with E-state index < -0.39 is 17.2 Å². The van der Waals surface area contributed by atoms with Gasteiger partial charge in [0.25, 0.3) is 0 Å². The molecule has 0 aromatic rings. The van der Waals surface area contributed by atoms with Crippen LogP contribution in [0.2, 0.25) is 0 Å². The van der Waals surface area contributed by atoms with Crippen molar-refractivity contribution in [2.45, 2.75) is 25.7 Å². The standard InChI is InChI=1S/C11H16N4O2/c1-14-9(16)11(5-3-7-12,6-4-8-13)10(17)15-2/h3-6H2,1-2H3,(H,14,16)(H,15,17). The van der Waals surface area contributed by atoms with Crippen LogP contribution in [0.25, 0.3) is 0 Å². The molecule has 0 unspecified atom stereocenters. The zero-order valence-electron chi connectivity index (χ0n) is 10.0. The highest BCUT2D eigenvalue weighted by molar-refractivity contribution is 6.04. The second kappa shape index (κ2) is 7.24. The van der Waals surface area contributed by atoms with Crippen LogP contribution in [0, 0.1) is 28.1 Å². The molecular formula is C11H16N4O2. The molecule has 0 radical (unpaired) electrons.